The van der Waals surface area contributed by atoms with Gasteiger partial charge in [0, 0.05) is 17.5 Å². The van der Waals surface area contributed by atoms with E-state index in [0.29, 0.717) is 6.04 Å². The molecule has 0 aliphatic rings. The molecule has 1 unspecified atom stereocenters. The maximum absolute atomic E-state index is 3.74. The van der Waals surface area contributed by atoms with Crippen molar-refractivity contribution in [3.05, 3.63) is 34.5 Å². The van der Waals surface area contributed by atoms with Gasteiger partial charge in [0.05, 0.1) is 0 Å². The Morgan fingerprint density at radius 1 is 1.60 bits per heavy atom. The molecule has 0 radical (unpaired) electrons. The summed E-state index contributed by atoms with van der Waals surface area (Å²) in [5, 5.41) is 5.74. The molecule has 15 heavy (non-hydrogen) atoms. The third kappa shape index (κ3) is 4.18. The molecule has 1 N–H and O–H groups in total. The summed E-state index contributed by atoms with van der Waals surface area (Å²) in [4.78, 5) is 1.49. The highest BCUT2D eigenvalue weighted by Crippen LogP contribution is 2.17. The van der Waals surface area contributed by atoms with Crippen LogP contribution < -0.4 is 5.32 Å². The van der Waals surface area contributed by atoms with E-state index < -0.39 is 0 Å². The van der Waals surface area contributed by atoms with E-state index in [2.05, 4.69) is 37.2 Å². The fourth-order valence-corrected chi connectivity index (χ4v) is 2.50. The molecule has 1 aromatic heterocycles. The summed E-state index contributed by atoms with van der Waals surface area (Å²) in [7, 11) is 0. The molecule has 0 aromatic carbocycles. The van der Waals surface area contributed by atoms with Crippen LogP contribution in [0.15, 0.2) is 24.1 Å². The van der Waals surface area contributed by atoms with Crippen molar-refractivity contribution >= 4 is 11.3 Å². The van der Waals surface area contributed by atoms with Crippen LogP contribution in [-0.4, -0.2) is 6.04 Å². The second-order valence-corrected chi connectivity index (χ2v) is 4.87. The molecule has 2 heteroatoms. The molecule has 0 fully saturated rings. The highest BCUT2D eigenvalue weighted by Gasteiger charge is 2.04. The molecule has 0 amide bonds. The van der Waals surface area contributed by atoms with Crippen LogP contribution in [0.25, 0.3) is 0 Å². The lowest BCUT2D eigenvalue weighted by Crippen LogP contribution is -2.25. The number of allylic oxidation sites excluding steroid dienone is 1. The minimum absolute atomic E-state index is 0.579. The summed E-state index contributed by atoms with van der Waals surface area (Å²) in [5.74, 6) is 0. The zero-order chi connectivity index (χ0) is 11.1. The summed E-state index contributed by atoms with van der Waals surface area (Å²) < 4.78 is 0. The third-order valence-electron chi connectivity index (χ3n) is 2.63. The summed E-state index contributed by atoms with van der Waals surface area (Å²) >= 11 is 1.86. The van der Waals surface area contributed by atoms with Gasteiger partial charge in [0.25, 0.3) is 0 Å². The highest BCUT2D eigenvalue weighted by atomic mass is 32.1. The zero-order valence-electron chi connectivity index (χ0n) is 9.75. The van der Waals surface area contributed by atoms with Crippen molar-refractivity contribution in [2.75, 3.05) is 0 Å². The minimum Gasteiger partial charge on any atom is -0.309 e. The predicted octanol–water partition coefficient (Wildman–Crippen LogP) is 3.75. The fourth-order valence-electron chi connectivity index (χ4n) is 1.57. The van der Waals surface area contributed by atoms with Gasteiger partial charge in [-0.2, -0.15) is 0 Å². The van der Waals surface area contributed by atoms with Crippen LogP contribution >= 0.6 is 11.3 Å². The average molecular weight is 223 g/mol. The van der Waals surface area contributed by atoms with Gasteiger partial charge in [0.2, 0.25) is 0 Å². The van der Waals surface area contributed by atoms with Crippen molar-refractivity contribution in [2.45, 2.75) is 45.7 Å². The third-order valence-corrected chi connectivity index (χ3v) is 3.60. The van der Waals surface area contributed by atoms with Gasteiger partial charge < -0.3 is 5.32 Å². The van der Waals surface area contributed by atoms with E-state index in [1.54, 1.807) is 0 Å². The smallest absolute Gasteiger partial charge is 0.0304 e. The number of rotatable bonds is 7. The number of thiophene rings is 1. The topological polar surface area (TPSA) is 12.0 Å². The summed E-state index contributed by atoms with van der Waals surface area (Å²) in [5.41, 5.74) is 1.49. The summed E-state index contributed by atoms with van der Waals surface area (Å²) in [6.45, 7) is 9.21. The number of aryl methyl sites for hydroxylation is 1. The second kappa shape index (κ2) is 6.81. The van der Waals surface area contributed by atoms with Gasteiger partial charge in [-0.25, -0.2) is 0 Å². The lowest BCUT2D eigenvalue weighted by atomic mass is 10.1. The van der Waals surface area contributed by atoms with E-state index in [1.807, 2.05) is 17.4 Å². The van der Waals surface area contributed by atoms with Gasteiger partial charge in [-0.3, -0.25) is 0 Å². The van der Waals surface area contributed by atoms with Crippen molar-refractivity contribution in [2.24, 2.45) is 0 Å². The van der Waals surface area contributed by atoms with Crippen LogP contribution in [0.2, 0.25) is 0 Å². The molecular weight excluding hydrogens is 202 g/mol. The van der Waals surface area contributed by atoms with Crippen LogP contribution in [-0.2, 0) is 13.0 Å². The Balaban J connectivity index is 2.33. The molecule has 0 saturated heterocycles. The first-order valence-corrected chi connectivity index (χ1v) is 6.55. The monoisotopic (exact) mass is 223 g/mol. The number of nitrogens with one attached hydrogen (secondary N) is 1. The van der Waals surface area contributed by atoms with Crippen LogP contribution in [0.1, 0.15) is 37.1 Å². The molecule has 1 nitrogen and oxygen atoms in total. The fraction of sp³-hybridized carbons (Fsp3) is 0.538. The average Bonchev–Trinajstić information content (AvgIpc) is 2.70. The molecule has 1 heterocycles. The molecule has 84 valence electrons. The standard InChI is InChI=1S/C13H21NS/c1-4-6-7-11(3)14-10-13-12(5-2)8-9-15-13/h4,8-9,11,14H,1,5-7,10H2,2-3H3. The highest BCUT2D eigenvalue weighted by molar-refractivity contribution is 7.10. The molecule has 1 atom stereocenters. The Kier molecular flexibility index (Phi) is 5.66. The van der Waals surface area contributed by atoms with Crippen molar-refractivity contribution in [1.82, 2.24) is 5.32 Å². The summed E-state index contributed by atoms with van der Waals surface area (Å²) in [6, 6.07) is 2.81. The van der Waals surface area contributed by atoms with E-state index in [1.165, 1.54) is 16.9 Å². The van der Waals surface area contributed by atoms with Gasteiger partial charge in [-0.15, -0.1) is 17.9 Å². The molecule has 1 aromatic rings. The SMILES string of the molecule is C=CCCC(C)NCc1sccc1CC. The van der Waals surface area contributed by atoms with Gasteiger partial charge in [0.15, 0.2) is 0 Å². The van der Waals surface area contributed by atoms with Crippen molar-refractivity contribution < 1.29 is 0 Å². The van der Waals surface area contributed by atoms with Crippen molar-refractivity contribution in [3.8, 4) is 0 Å². The molecule has 1 rings (SSSR count). The van der Waals surface area contributed by atoms with Gasteiger partial charge in [0.1, 0.15) is 0 Å². The first kappa shape index (κ1) is 12.5. The Hall–Kier alpha value is -0.600. The number of hydrogen-bond acceptors (Lipinski definition) is 2. The van der Waals surface area contributed by atoms with E-state index in [9.17, 15) is 0 Å². The maximum Gasteiger partial charge on any atom is 0.0304 e. The van der Waals surface area contributed by atoms with Crippen LogP contribution in [0.5, 0.6) is 0 Å². The lowest BCUT2D eigenvalue weighted by Gasteiger charge is -2.12. The Morgan fingerprint density at radius 2 is 2.40 bits per heavy atom. The zero-order valence-corrected chi connectivity index (χ0v) is 10.6. The van der Waals surface area contributed by atoms with E-state index in [-0.39, 0.29) is 0 Å². The largest absolute Gasteiger partial charge is 0.309 e. The molecule has 0 spiro atoms. The first-order chi connectivity index (χ1) is 7.27. The van der Waals surface area contributed by atoms with Gasteiger partial charge in [-0.05, 0) is 43.2 Å². The van der Waals surface area contributed by atoms with Gasteiger partial charge in [-0.1, -0.05) is 13.0 Å². The van der Waals surface area contributed by atoms with Gasteiger partial charge >= 0.3 is 0 Å². The van der Waals surface area contributed by atoms with Crippen LogP contribution in [0, 0.1) is 0 Å². The number of hydrogen-bond donors (Lipinski definition) is 1. The van der Waals surface area contributed by atoms with E-state index in [0.717, 1.165) is 19.4 Å². The van der Waals surface area contributed by atoms with Crippen molar-refractivity contribution in [1.29, 1.82) is 0 Å². The van der Waals surface area contributed by atoms with Crippen LogP contribution in [0.3, 0.4) is 0 Å². The second-order valence-electron chi connectivity index (χ2n) is 3.87. The van der Waals surface area contributed by atoms with E-state index in [4.69, 9.17) is 0 Å². The van der Waals surface area contributed by atoms with E-state index >= 15 is 0 Å². The maximum atomic E-state index is 3.74. The quantitative estimate of drug-likeness (QED) is 0.694. The Labute approximate surface area is 97.2 Å². The summed E-state index contributed by atoms with van der Waals surface area (Å²) in [6.07, 6.45) is 5.40. The molecule has 0 aliphatic carbocycles. The Bertz CT molecular complexity index is 290. The molecule has 0 saturated carbocycles. The Morgan fingerprint density at radius 3 is 3.07 bits per heavy atom. The molecule has 0 aliphatic heterocycles. The minimum atomic E-state index is 0.579. The lowest BCUT2D eigenvalue weighted by molar-refractivity contribution is 0.520. The van der Waals surface area contributed by atoms with Crippen molar-refractivity contribution in [3.63, 3.8) is 0 Å². The first-order valence-electron chi connectivity index (χ1n) is 5.67. The molecular formula is C13H21NS. The normalized spacial score (nSPS) is 12.7. The predicted molar refractivity (Wildman–Crippen MR) is 69.4 cm³/mol. The van der Waals surface area contributed by atoms with Crippen LogP contribution in [0.4, 0.5) is 0 Å². The molecule has 0 bridgehead atoms.